The van der Waals surface area contributed by atoms with E-state index in [1.807, 2.05) is 18.2 Å². The van der Waals surface area contributed by atoms with E-state index in [-0.39, 0.29) is 6.10 Å². The van der Waals surface area contributed by atoms with Gasteiger partial charge < -0.3 is 9.64 Å². The van der Waals surface area contributed by atoms with Crippen LogP contribution < -0.4 is 4.90 Å². The molecule has 102 valence electrons. The second-order valence-corrected chi connectivity index (χ2v) is 5.35. The highest BCUT2D eigenvalue weighted by Crippen LogP contribution is 2.21. The van der Waals surface area contributed by atoms with Gasteiger partial charge in [0, 0.05) is 20.2 Å². The fourth-order valence-electron chi connectivity index (χ4n) is 2.17. The van der Waals surface area contributed by atoms with E-state index in [1.54, 1.807) is 6.20 Å². The summed E-state index contributed by atoms with van der Waals surface area (Å²) < 4.78 is 5.73. The second kappa shape index (κ2) is 6.73. The molecule has 1 aliphatic heterocycles. The fraction of sp³-hybridized carbons (Fsp3) is 0.615. The molecule has 0 aromatic carbocycles. The minimum atomic E-state index is 0.234. The van der Waals surface area contributed by atoms with Crippen LogP contribution in [0, 0.1) is 11.3 Å². The van der Waals surface area contributed by atoms with Crippen molar-refractivity contribution in [3.8, 4) is 6.07 Å². The van der Waals surface area contributed by atoms with Crippen LogP contribution in [0.5, 0.6) is 0 Å². The number of likely N-dealkylation sites (N-methyl/N-ethyl adjacent to an activating group) is 1. The van der Waals surface area contributed by atoms with Crippen molar-refractivity contribution in [2.45, 2.75) is 30.5 Å². The van der Waals surface area contributed by atoms with Crippen LogP contribution >= 0.6 is 11.8 Å². The summed E-state index contributed by atoms with van der Waals surface area (Å²) in [7, 11) is 1.95. The highest BCUT2D eigenvalue weighted by atomic mass is 32.2. The molecule has 0 aliphatic carbocycles. The monoisotopic (exact) mass is 278 g/mol. The number of ether oxygens (including phenoxy) is 1. The van der Waals surface area contributed by atoms with Crippen LogP contribution in [0.15, 0.2) is 11.4 Å². The first kappa shape index (κ1) is 14.1. The molecule has 1 atom stereocenters. The van der Waals surface area contributed by atoms with Crippen molar-refractivity contribution >= 4 is 17.6 Å². The zero-order valence-electron chi connectivity index (χ0n) is 11.3. The number of thioether (sulfide) groups is 1. The lowest BCUT2D eigenvalue weighted by molar-refractivity contribution is 0.0215. The number of nitrogens with zero attached hydrogens (tertiary/aromatic N) is 4. The molecule has 0 spiro atoms. The summed E-state index contributed by atoms with van der Waals surface area (Å²) in [5, 5.41) is 9.83. The Bertz CT molecular complexity index is 468. The zero-order chi connectivity index (χ0) is 13.7. The first-order chi connectivity index (χ1) is 9.24. The summed E-state index contributed by atoms with van der Waals surface area (Å²) in [4.78, 5) is 10.6. The van der Waals surface area contributed by atoms with Crippen molar-refractivity contribution in [3.63, 3.8) is 0 Å². The summed E-state index contributed by atoms with van der Waals surface area (Å²) in [6, 6.07) is 2.15. The van der Waals surface area contributed by atoms with Gasteiger partial charge in [0.2, 0.25) is 0 Å². The van der Waals surface area contributed by atoms with Crippen LogP contribution in [0.4, 0.5) is 5.82 Å². The Morgan fingerprint density at radius 3 is 3.05 bits per heavy atom. The van der Waals surface area contributed by atoms with E-state index in [9.17, 15) is 0 Å². The molecule has 6 heteroatoms. The number of hydrogen-bond donors (Lipinski definition) is 0. The van der Waals surface area contributed by atoms with Crippen molar-refractivity contribution in [1.82, 2.24) is 9.97 Å². The topological polar surface area (TPSA) is 62.0 Å². The van der Waals surface area contributed by atoms with Gasteiger partial charge in [-0.1, -0.05) is 11.8 Å². The van der Waals surface area contributed by atoms with E-state index in [0.29, 0.717) is 16.5 Å². The number of rotatable bonds is 4. The molecule has 5 nitrogen and oxygen atoms in total. The number of anilines is 1. The lowest BCUT2D eigenvalue weighted by Crippen LogP contribution is -2.34. The normalized spacial score (nSPS) is 18.9. The smallest absolute Gasteiger partial charge is 0.189 e. The summed E-state index contributed by atoms with van der Waals surface area (Å²) in [5.74, 6) is 0.691. The van der Waals surface area contributed by atoms with Gasteiger partial charge in [-0.25, -0.2) is 9.97 Å². The molecule has 0 bridgehead atoms. The summed E-state index contributed by atoms with van der Waals surface area (Å²) in [5.41, 5.74) is 0.510. The van der Waals surface area contributed by atoms with Gasteiger partial charge in [-0.2, -0.15) is 5.26 Å². The quantitative estimate of drug-likeness (QED) is 0.620. The highest BCUT2D eigenvalue weighted by molar-refractivity contribution is 7.98. The van der Waals surface area contributed by atoms with Crippen LogP contribution in [0.3, 0.4) is 0 Å². The van der Waals surface area contributed by atoms with Crippen LogP contribution in [-0.2, 0) is 4.74 Å². The Hall–Kier alpha value is -1.32. The minimum Gasteiger partial charge on any atom is -0.376 e. The average molecular weight is 278 g/mol. The van der Waals surface area contributed by atoms with Gasteiger partial charge in [-0.15, -0.1) is 0 Å². The van der Waals surface area contributed by atoms with Crippen LogP contribution in [0.2, 0.25) is 0 Å². The lowest BCUT2D eigenvalue weighted by atomic mass is 10.1. The number of hydrogen-bond acceptors (Lipinski definition) is 6. The molecule has 1 aromatic heterocycles. The third-order valence-corrected chi connectivity index (χ3v) is 3.72. The van der Waals surface area contributed by atoms with E-state index in [4.69, 9.17) is 10.00 Å². The molecule has 0 radical (unpaired) electrons. The van der Waals surface area contributed by atoms with Gasteiger partial charge >= 0.3 is 0 Å². The summed E-state index contributed by atoms with van der Waals surface area (Å²) in [6.45, 7) is 1.60. The maximum absolute atomic E-state index is 9.14. The standard InChI is InChI=1S/C13H18N4OS/c1-17(9-11-5-3-4-6-18-11)12-10(7-14)8-15-13(16-12)19-2/h8,11H,3-6,9H2,1-2H3. The van der Waals surface area contributed by atoms with Crippen LogP contribution in [0.1, 0.15) is 24.8 Å². The Morgan fingerprint density at radius 1 is 1.58 bits per heavy atom. The molecule has 2 heterocycles. The van der Waals surface area contributed by atoms with Crippen molar-refractivity contribution in [1.29, 1.82) is 5.26 Å². The van der Waals surface area contributed by atoms with Crippen LogP contribution in [0.25, 0.3) is 0 Å². The molecule has 1 fully saturated rings. The largest absolute Gasteiger partial charge is 0.376 e. The maximum atomic E-state index is 9.14. The van der Waals surface area contributed by atoms with Crippen molar-refractivity contribution < 1.29 is 4.74 Å². The molecule has 1 aliphatic rings. The van der Waals surface area contributed by atoms with E-state index >= 15 is 0 Å². The maximum Gasteiger partial charge on any atom is 0.189 e. The van der Waals surface area contributed by atoms with Crippen molar-refractivity contribution in [2.24, 2.45) is 0 Å². The first-order valence-corrected chi connectivity index (χ1v) is 7.61. The molecule has 0 saturated carbocycles. The average Bonchev–Trinajstić information content (AvgIpc) is 2.47. The van der Waals surface area contributed by atoms with Gasteiger partial charge in [0.25, 0.3) is 0 Å². The molecular weight excluding hydrogens is 260 g/mol. The number of nitriles is 1. The van der Waals surface area contributed by atoms with E-state index in [1.165, 1.54) is 18.2 Å². The first-order valence-electron chi connectivity index (χ1n) is 6.38. The Labute approximate surface area is 118 Å². The molecule has 19 heavy (non-hydrogen) atoms. The van der Waals surface area contributed by atoms with Gasteiger partial charge in [0.05, 0.1) is 12.3 Å². The third-order valence-electron chi connectivity index (χ3n) is 3.16. The van der Waals surface area contributed by atoms with E-state index < -0.39 is 0 Å². The van der Waals surface area contributed by atoms with E-state index in [2.05, 4.69) is 16.0 Å². The second-order valence-electron chi connectivity index (χ2n) is 4.57. The Morgan fingerprint density at radius 2 is 2.42 bits per heavy atom. The molecule has 1 saturated heterocycles. The molecular formula is C13H18N4OS. The molecule has 0 N–H and O–H groups in total. The zero-order valence-corrected chi connectivity index (χ0v) is 12.1. The predicted octanol–water partition coefficient (Wildman–Crippen LogP) is 2.08. The van der Waals surface area contributed by atoms with Gasteiger partial charge in [-0.05, 0) is 25.5 Å². The van der Waals surface area contributed by atoms with Crippen LogP contribution in [-0.4, -0.2) is 42.5 Å². The summed E-state index contributed by atoms with van der Waals surface area (Å²) >= 11 is 1.48. The van der Waals surface area contributed by atoms with Crippen molar-refractivity contribution in [2.75, 3.05) is 31.4 Å². The van der Waals surface area contributed by atoms with Gasteiger partial charge in [-0.3, -0.25) is 0 Å². The van der Waals surface area contributed by atoms with E-state index in [0.717, 1.165) is 26.0 Å². The lowest BCUT2D eigenvalue weighted by Gasteiger charge is -2.28. The number of aromatic nitrogens is 2. The van der Waals surface area contributed by atoms with Crippen molar-refractivity contribution in [3.05, 3.63) is 11.8 Å². The third kappa shape index (κ3) is 3.58. The predicted molar refractivity (Wildman–Crippen MR) is 75.4 cm³/mol. The van der Waals surface area contributed by atoms with Gasteiger partial charge in [0.15, 0.2) is 11.0 Å². The fourth-order valence-corrected chi connectivity index (χ4v) is 2.50. The highest BCUT2D eigenvalue weighted by Gasteiger charge is 2.19. The molecule has 0 amide bonds. The molecule has 1 unspecified atom stereocenters. The van der Waals surface area contributed by atoms with Gasteiger partial charge in [0.1, 0.15) is 11.6 Å². The Balaban J connectivity index is 2.12. The Kier molecular flexibility index (Phi) is 5.00. The minimum absolute atomic E-state index is 0.234. The molecule has 1 aromatic rings. The molecule has 2 rings (SSSR count). The SMILES string of the molecule is CSc1ncc(C#N)c(N(C)CC2CCCCO2)n1. The summed E-state index contributed by atoms with van der Waals surface area (Å²) in [6.07, 6.45) is 7.18.